The Morgan fingerprint density at radius 1 is 0.615 bits per heavy atom. The van der Waals surface area contributed by atoms with Gasteiger partial charge in [0.1, 0.15) is 61.0 Å². The van der Waals surface area contributed by atoms with Crippen molar-refractivity contribution < 1.29 is 50.3 Å². The summed E-state index contributed by atoms with van der Waals surface area (Å²) < 4.78 is 10.9. The van der Waals surface area contributed by atoms with Crippen molar-refractivity contribution in [1.82, 2.24) is 0 Å². The number of ether oxygens (including phenoxy) is 2. The quantitative estimate of drug-likeness (QED) is 0.196. The minimum Gasteiger partial charge on any atom is -0.394 e. The molecule has 10 nitrogen and oxygen atoms in total. The zero-order valence-electron chi connectivity index (χ0n) is 20.9. The molecule has 0 radical (unpaired) electrons. The number of rotatable bonds is 4. The molecule has 0 spiro atoms. The second kappa shape index (κ2) is 13.0. The first kappa shape index (κ1) is 29.2. The van der Waals surface area contributed by atoms with E-state index in [-0.39, 0.29) is 0 Å². The van der Waals surface area contributed by atoms with Crippen molar-refractivity contribution in [2.45, 2.75) is 67.5 Å². The maximum atomic E-state index is 10.3. The first-order valence-electron chi connectivity index (χ1n) is 12.5. The summed E-state index contributed by atoms with van der Waals surface area (Å²) in [6.07, 6.45) is -12.9. The molecule has 4 rings (SSSR count). The standard InChI is InChI=1S/C29H32O10/c30-14-22-26(34)28(36)24(32)20(38-22)10-7-17-6-8-18(19(13-17)12-16-4-2-1-3-5-16)9-11-21-25(33)29(37)27(35)23(15-31)39-21/h1-6,8,13,20-37H,12,14-15H2/t20-,21-,22-,23-,24-,25+,26-,27-,28-,29-/m1/s1. The van der Waals surface area contributed by atoms with E-state index in [9.17, 15) is 40.9 Å². The Hall–Kier alpha value is -2.84. The third-order valence-corrected chi connectivity index (χ3v) is 6.84. The lowest BCUT2D eigenvalue weighted by Crippen LogP contribution is -2.58. The van der Waals surface area contributed by atoms with Crippen LogP contribution in [0.5, 0.6) is 0 Å². The summed E-state index contributed by atoms with van der Waals surface area (Å²) in [5.41, 5.74) is 2.91. The van der Waals surface area contributed by atoms with E-state index in [0.29, 0.717) is 17.5 Å². The van der Waals surface area contributed by atoms with Crippen molar-refractivity contribution in [3.05, 3.63) is 70.8 Å². The largest absolute Gasteiger partial charge is 0.394 e. The van der Waals surface area contributed by atoms with Crippen LogP contribution in [0.2, 0.25) is 0 Å². The number of aliphatic hydroxyl groups excluding tert-OH is 8. The lowest BCUT2D eigenvalue weighted by Gasteiger charge is -2.37. The molecule has 0 unspecified atom stereocenters. The Kier molecular flexibility index (Phi) is 9.72. The van der Waals surface area contributed by atoms with Gasteiger partial charge in [-0.15, -0.1) is 0 Å². The summed E-state index contributed by atoms with van der Waals surface area (Å²) in [7, 11) is 0. The van der Waals surface area contributed by atoms with Gasteiger partial charge < -0.3 is 50.3 Å². The predicted molar refractivity (Wildman–Crippen MR) is 137 cm³/mol. The molecule has 208 valence electrons. The molecule has 0 bridgehead atoms. The van der Waals surface area contributed by atoms with E-state index in [1.54, 1.807) is 18.2 Å². The summed E-state index contributed by atoms with van der Waals surface area (Å²) in [4.78, 5) is 0. The van der Waals surface area contributed by atoms with Crippen LogP contribution >= 0.6 is 0 Å². The van der Waals surface area contributed by atoms with Crippen molar-refractivity contribution in [2.24, 2.45) is 0 Å². The molecule has 2 aromatic carbocycles. The highest BCUT2D eigenvalue weighted by molar-refractivity contribution is 5.50. The maximum absolute atomic E-state index is 10.3. The van der Waals surface area contributed by atoms with Crippen LogP contribution in [-0.4, -0.2) is 115 Å². The first-order valence-corrected chi connectivity index (χ1v) is 12.5. The van der Waals surface area contributed by atoms with Gasteiger partial charge in [0.15, 0.2) is 0 Å². The van der Waals surface area contributed by atoms with Gasteiger partial charge in [0.05, 0.1) is 13.2 Å². The molecule has 0 saturated carbocycles. The van der Waals surface area contributed by atoms with Crippen LogP contribution in [0.4, 0.5) is 0 Å². The third-order valence-electron chi connectivity index (χ3n) is 6.84. The average Bonchev–Trinajstić information content (AvgIpc) is 2.95. The van der Waals surface area contributed by atoms with Crippen LogP contribution < -0.4 is 0 Å². The Bertz CT molecular complexity index is 1230. The van der Waals surface area contributed by atoms with Crippen molar-refractivity contribution in [1.29, 1.82) is 0 Å². The van der Waals surface area contributed by atoms with E-state index in [0.717, 1.165) is 11.1 Å². The molecule has 2 heterocycles. The Labute approximate surface area is 225 Å². The summed E-state index contributed by atoms with van der Waals surface area (Å²) in [6.45, 7) is -1.10. The van der Waals surface area contributed by atoms with Gasteiger partial charge in [0.25, 0.3) is 0 Å². The summed E-state index contributed by atoms with van der Waals surface area (Å²) in [5.74, 6) is 11.4. The Balaban J connectivity index is 1.62. The van der Waals surface area contributed by atoms with Crippen LogP contribution in [-0.2, 0) is 15.9 Å². The molecular weight excluding hydrogens is 508 g/mol. The Morgan fingerprint density at radius 2 is 1.15 bits per heavy atom. The van der Waals surface area contributed by atoms with Gasteiger partial charge in [-0.25, -0.2) is 0 Å². The second-order valence-electron chi connectivity index (χ2n) is 9.57. The highest BCUT2D eigenvalue weighted by atomic mass is 16.5. The molecule has 2 aromatic rings. The zero-order valence-corrected chi connectivity index (χ0v) is 20.9. The average molecular weight is 541 g/mol. The van der Waals surface area contributed by atoms with Crippen molar-refractivity contribution in [3.8, 4) is 23.7 Å². The summed E-state index contributed by atoms with van der Waals surface area (Å²) in [6, 6.07) is 14.8. The van der Waals surface area contributed by atoms with Gasteiger partial charge in [0, 0.05) is 11.1 Å². The van der Waals surface area contributed by atoms with E-state index in [1.807, 2.05) is 30.3 Å². The topological polar surface area (TPSA) is 180 Å². The van der Waals surface area contributed by atoms with Crippen LogP contribution in [0.25, 0.3) is 0 Å². The SMILES string of the molecule is OC[C@H]1O[C@H](C#Cc2ccc(C#C[C@H]3O[C@H](CO)[C@@H](O)[C@H](O)[C@@H]3O)cc2Cc2ccccc2)[C@H](O)[C@@H](O)[C@@H]1O. The lowest BCUT2D eigenvalue weighted by atomic mass is 9.94. The third kappa shape index (κ3) is 6.67. The van der Waals surface area contributed by atoms with E-state index >= 15 is 0 Å². The summed E-state index contributed by atoms with van der Waals surface area (Å²) >= 11 is 0. The van der Waals surface area contributed by atoms with Crippen LogP contribution in [0.1, 0.15) is 22.3 Å². The molecule has 8 N–H and O–H groups in total. The van der Waals surface area contributed by atoms with Crippen LogP contribution in [0, 0.1) is 23.7 Å². The second-order valence-corrected chi connectivity index (χ2v) is 9.57. The minimum absolute atomic E-state index is 0.481. The van der Waals surface area contributed by atoms with Gasteiger partial charge in [-0.1, -0.05) is 54.0 Å². The fraction of sp³-hybridized carbons (Fsp3) is 0.448. The van der Waals surface area contributed by atoms with E-state index < -0.39 is 74.3 Å². The molecule has 0 aliphatic carbocycles. The number of benzene rings is 2. The molecular formula is C29H32O10. The predicted octanol–water partition coefficient (Wildman–Crippen LogP) is -2.33. The highest BCUT2D eigenvalue weighted by Gasteiger charge is 2.43. The normalized spacial score (nSPS) is 34.4. The fourth-order valence-electron chi connectivity index (χ4n) is 4.50. The molecule has 2 saturated heterocycles. The molecule has 2 fully saturated rings. The monoisotopic (exact) mass is 540 g/mol. The smallest absolute Gasteiger partial charge is 0.147 e. The molecule has 10 heteroatoms. The zero-order chi connectivity index (χ0) is 28.1. The molecule has 2 aliphatic rings. The molecule has 2 aliphatic heterocycles. The van der Waals surface area contributed by atoms with Gasteiger partial charge in [-0.3, -0.25) is 0 Å². The highest BCUT2D eigenvalue weighted by Crippen LogP contribution is 2.23. The van der Waals surface area contributed by atoms with E-state index in [1.165, 1.54) is 0 Å². The number of hydrogen-bond donors (Lipinski definition) is 8. The lowest BCUT2D eigenvalue weighted by molar-refractivity contribution is -0.214. The molecule has 10 atom stereocenters. The Morgan fingerprint density at radius 3 is 1.69 bits per heavy atom. The first-order chi connectivity index (χ1) is 18.7. The molecule has 0 amide bonds. The molecule has 39 heavy (non-hydrogen) atoms. The van der Waals surface area contributed by atoms with E-state index in [2.05, 4.69) is 23.7 Å². The molecule has 0 aromatic heterocycles. The summed E-state index contributed by atoms with van der Waals surface area (Å²) in [5, 5.41) is 79.4. The van der Waals surface area contributed by atoms with Gasteiger partial charge in [-0.2, -0.15) is 0 Å². The fourth-order valence-corrected chi connectivity index (χ4v) is 4.50. The number of hydrogen-bond acceptors (Lipinski definition) is 10. The van der Waals surface area contributed by atoms with Crippen molar-refractivity contribution in [2.75, 3.05) is 13.2 Å². The van der Waals surface area contributed by atoms with Crippen LogP contribution in [0.15, 0.2) is 48.5 Å². The minimum atomic E-state index is -1.53. The van der Waals surface area contributed by atoms with Gasteiger partial charge in [0.2, 0.25) is 0 Å². The maximum Gasteiger partial charge on any atom is 0.147 e. The van der Waals surface area contributed by atoms with Crippen LogP contribution in [0.3, 0.4) is 0 Å². The van der Waals surface area contributed by atoms with E-state index in [4.69, 9.17) is 9.47 Å². The van der Waals surface area contributed by atoms with Gasteiger partial charge in [-0.05, 0) is 35.7 Å². The van der Waals surface area contributed by atoms with Crippen molar-refractivity contribution in [3.63, 3.8) is 0 Å². The van der Waals surface area contributed by atoms with Crippen molar-refractivity contribution >= 4 is 0 Å². The van der Waals surface area contributed by atoms with Gasteiger partial charge >= 0.3 is 0 Å². The number of aliphatic hydroxyl groups is 8.